The third-order valence-corrected chi connectivity index (χ3v) is 17.0. The molecule has 52 heavy (non-hydrogen) atoms. The molecule has 2 nitrogen and oxygen atoms in total. The van der Waals surface area contributed by atoms with Crippen LogP contribution >= 0.6 is 0 Å². The molecule has 0 amide bonds. The quantitative estimate of drug-likeness (QED) is 0.158. The van der Waals surface area contributed by atoms with Crippen LogP contribution in [0.25, 0.3) is 82.8 Å². The van der Waals surface area contributed by atoms with Gasteiger partial charge in [-0.05, 0) is 0 Å². The zero-order valence-corrected chi connectivity index (χ0v) is 31.3. The number of anilines is 2. The van der Waals surface area contributed by atoms with Gasteiger partial charge in [0.15, 0.2) is 0 Å². The van der Waals surface area contributed by atoms with Gasteiger partial charge in [0.05, 0.1) is 0 Å². The van der Waals surface area contributed by atoms with Crippen LogP contribution in [0.5, 0.6) is 0 Å². The van der Waals surface area contributed by atoms with E-state index in [4.69, 9.17) is 0 Å². The van der Waals surface area contributed by atoms with E-state index in [-0.39, 0.29) is 41.0 Å². The number of nitrogens with zero attached hydrogens (tertiary/aromatic N) is 2. The van der Waals surface area contributed by atoms with E-state index in [1.54, 1.807) is 0 Å². The Morgan fingerprint density at radius 3 is 1.88 bits per heavy atom. The van der Waals surface area contributed by atoms with Crippen LogP contribution in [0.4, 0.5) is 11.4 Å². The Labute approximate surface area is 311 Å². The van der Waals surface area contributed by atoms with Crippen molar-refractivity contribution >= 4 is 112 Å². The Hall–Kier alpha value is -5.34. The van der Waals surface area contributed by atoms with Crippen LogP contribution in [0, 0.1) is 0 Å². The minimum atomic E-state index is 0.167. The number of benzene rings is 7. The van der Waals surface area contributed by atoms with Crippen molar-refractivity contribution in [3.05, 3.63) is 169 Å². The molecule has 10 aromatic rings. The van der Waals surface area contributed by atoms with E-state index in [2.05, 4.69) is 167 Å². The first-order valence-corrected chi connectivity index (χ1v) is 21.4. The molecule has 3 aliphatic rings. The van der Waals surface area contributed by atoms with Gasteiger partial charge in [0.2, 0.25) is 0 Å². The van der Waals surface area contributed by atoms with Gasteiger partial charge in [-0.1, -0.05) is 0 Å². The molecule has 0 saturated heterocycles. The van der Waals surface area contributed by atoms with Crippen LogP contribution in [0.3, 0.4) is 0 Å². The molecule has 0 saturated carbocycles. The van der Waals surface area contributed by atoms with Crippen LogP contribution in [0.15, 0.2) is 158 Å². The van der Waals surface area contributed by atoms with E-state index < -0.39 is 0 Å². The molecule has 0 radical (unpaired) electrons. The van der Waals surface area contributed by atoms with E-state index in [9.17, 15) is 0 Å². The zero-order valence-electron chi connectivity index (χ0n) is 27.9. The SMILES string of the molecule is C1=C(c2cccc3c2[se]c2ccccc23)C2c3ccccc3N3c4ccc(-c5cccc6c5[se]c5ccccc56)c5c6ccccc6n(c45)C(=C1)C23. The molecule has 242 valence electrons. The van der Waals surface area contributed by atoms with E-state index in [0.29, 0.717) is 0 Å². The van der Waals surface area contributed by atoms with Crippen LogP contribution in [0.2, 0.25) is 0 Å². The monoisotopic (exact) mass is 792 g/mol. The van der Waals surface area contributed by atoms with Gasteiger partial charge >= 0.3 is 313 Å². The third-order valence-electron chi connectivity index (χ3n) is 11.9. The molecule has 0 N–H and O–H groups in total. The molecule has 4 heteroatoms. The van der Waals surface area contributed by atoms with Crippen molar-refractivity contribution in [3.63, 3.8) is 0 Å². The maximum atomic E-state index is 2.70. The summed E-state index contributed by atoms with van der Waals surface area (Å²) in [5.41, 5.74) is 13.7. The van der Waals surface area contributed by atoms with Gasteiger partial charge in [-0.25, -0.2) is 0 Å². The first kappa shape index (κ1) is 28.3. The summed E-state index contributed by atoms with van der Waals surface area (Å²) >= 11 is 0.548. The summed E-state index contributed by atoms with van der Waals surface area (Å²) in [5, 5.41) is 8.34. The third kappa shape index (κ3) is 3.47. The van der Waals surface area contributed by atoms with Gasteiger partial charge in [0, 0.05) is 0 Å². The number of hydrogen-bond acceptors (Lipinski definition) is 1. The first-order valence-electron chi connectivity index (χ1n) is 18.0. The summed E-state index contributed by atoms with van der Waals surface area (Å²) < 4.78 is 8.66. The topological polar surface area (TPSA) is 8.17 Å². The summed E-state index contributed by atoms with van der Waals surface area (Å²) in [4.78, 5) is 2.70. The van der Waals surface area contributed by atoms with Crippen LogP contribution in [0.1, 0.15) is 17.0 Å². The first-order chi connectivity index (χ1) is 25.8. The normalized spacial score (nSPS) is 17.4. The number of allylic oxidation sites excluding steroid dienone is 2. The number of fused-ring (bicyclic) bond motifs is 14. The second-order valence-electron chi connectivity index (χ2n) is 14.3. The average Bonchev–Trinajstić information content (AvgIpc) is 3.96. The standard InChI is InChI=1S/C48H28N2Se2/c1-5-19-37-35(13-1)43-29(33-17-9-15-31-27-11-3-7-21-41(27)51-47(31)33)23-25-39-45(43)49(37)40-26-24-30(44-36-14-2-6-20-38(36)50(39)46(40)44)34-18-10-16-32-28-12-4-8-22-42(28)52-48(32)34/h1-26,43,45H. The number of para-hydroxylation sites is 2. The van der Waals surface area contributed by atoms with Crippen LogP contribution in [-0.2, 0) is 0 Å². The van der Waals surface area contributed by atoms with Crippen molar-refractivity contribution < 1.29 is 0 Å². The molecule has 5 heterocycles. The number of rotatable bonds is 2. The molecule has 0 spiro atoms. The Morgan fingerprint density at radius 1 is 0.462 bits per heavy atom. The molecule has 1 aliphatic carbocycles. The second-order valence-corrected chi connectivity index (χ2v) is 18.7. The zero-order chi connectivity index (χ0) is 33.7. The van der Waals surface area contributed by atoms with Crippen molar-refractivity contribution in [2.24, 2.45) is 0 Å². The van der Waals surface area contributed by atoms with Crippen LogP contribution in [-0.4, -0.2) is 39.6 Å². The maximum absolute atomic E-state index is 2.70. The summed E-state index contributed by atoms with van der Waals surface area (Å²) in [5.74, 6) is 0.227. The molecule has 2 aliphatic heterocycles. The van der Waals surface area contributed by atoms with E-state index in [1.165, 1.54) is 105 Å². The fourth-order valence-electron chi connectivity index (χ4n) is 9.90. The predicted octanol–water partition coefficient (Wildman–Crippen LogP) is 11.7. The fourth-order valence-corrected chi connectivity index (χ4v) is 15.1. The summed E-state index contributed by atoms with van der Waals surface area (Å²) in [6.45, 7) is 0. The number of hydrogen-bond donors (Lipinski definition) is 0. The van der Waals surface area contributed by atoms with E-state index >= 15 is 0 Å². The Balaban J connectivity index is 1.13. The van der Waals surface area contributed by atoms with Crippen molar-refractivity contribution in [3.8, 4) is 11.1 Å². The van der Waals surface area contributed by atoms with Gasteiger partial charge < -0.3 is 0 Å². The van der Waals surface area contributed by atoms with Gasteiger partial charge in [-0.2, -0.15) is 0 Å². The average molecular weight is 791 g/mol. The molecular weight excluding hydrogens is 762 g/mol. The Kier molecular flexibility index (Phi) is 5.53. The van der Waals surface area contributed by atoms with Gasteiger partial charge in [0.25, 0.3) is 0 Å². The minimum absolute atomic E-state index is 0.167. The van der Waals surface area contributed by atoms with Gasteiger partial charge in [-0.3, -0.25) is 0 Å². The molecule has 3 aromatic heterocycles. The van der Waals surface area contributed by atoms with Crippen molar-refractivity contribution in [1.29, 1.82) is 0 Å². The molecule has 13 rings (SSSR count). The van der Waals surface area contributed by atoms with Crippen molar-refractivity contribution in [2.45, 2.75) is 12.0 Å². The molecule has 0 bridgehead atoms. The molecule has 7 aromatic carbocycles. The molecule has 0 fully saturated rings. The van der Waals surface area contributed by atoms with Gasteiger partial charge in [0.1, 0.15) is 0 Å². The molecule has 2 atom stereocenters. The fraction of sp³-hybridized carbons (Fsp3) is 0.0417. The van der Waals surface area contributed by atoms with Crippen molar-refractivity contribution in [2.75, 3.05) is 4.90 Å². The summed E-state index contributed by atoms with van der Waals surface area (Å²) in [6.07, 6.45) is 4.94. The summed E-state index contributed by atoms with van der Waals surface area (Å²) in [6, 6.07) is 55.4. The molecule has 2 unspecified atom stereocenters. The predicted molar refractivity (Wildman–Crippen MR) is 223 cm³/mol. The van der Waals surface area contributed by atoms with E-state index in [1.807, 2.05) is 0 Å². The van der Waals surface area contributed by atoms with Gasteiger partial charge in [-0.15, -0.1) is 0 Å². The van der Waals surface area contributed by atoms with Crippen LogP contribution < -0.4 is 4.90 Å². The van der Waals surface area contributed by atoms with E-state index in [0.717, 1.165) is 0 Å². The number of aromatic nitrogens is 1. The molecular formula is C48H28N2Se2. The summed E-state index contributed by atoms with van der Waals surface area (Å²) in [7, 11) is 0. The second kappa shape index (κ2) is 10.2. The Morgan fingerprint density at radius 2 is 1.10 bits per heavy atom. The Bertz CT molecular complexity index is 3280. The van der Waals surface area contributed by atoms with Crippen molar-refractivity contribution in [1.82, 2.24) is 4.57 Å².